The third-order valence-electron chi connectivity index (χ3n) is 2.82. The molecule has 0 aromatic carbocycles. The van der Waals surface area contributed by atoms with Crippen LogP contribution < -0.4 is 16.4 Å². The van der Waals surface area contributed by atoms with Gasteiger partial charge in [0.1, 0.15) is 10.7 Å². The molecule has 0 aliphatic carbocycles. The predicted octanol–water partition coefficient (Wildman–Crippen LogP) is 1.00. The van der Waals surface area contributed by atoms with E-state index in [2.05, 4.69) is 29.5 Å². The van der Waals surface area contributed by atoms with Gasteiger partial charge in [0.15, 0.2) is 5.13 Å². The Labute approximate surface area is 128 Å². The number of carbonyl (C=O) groups excluding carboxylic acids is 2. The molecule has 1 aromatic rings. The molecule has 7 nitrogen and oxygen atoms in total. The van der Waals surface area contributed by atoms with E-state index in [9.17, 15) is 9.59 Å². The third kappa shape index (κ3) is 5.22. The average Bonchev–Trinajstić information content (AvgIpc) is 2.82. The first-order chi connectivity index (χ1) is 9.85. The Kier molecular flexibility index (Phi) is 6.41. The van der Waals surface area contributed by atoms with Crippen LogP contribution in [-0.2, 0) is 4.79 Å². The number of likely N-dealkylation sites (N-methyl/N-ethyl adjacent to an activating group) is 1. The van der Waals surface area contributed by atoms with Crippen LogP contribution in [0.5, 0.6) is 0 Å². The summed E-state index contributed by atoms with van der Waals surface area (Å²) in [5.74, 6) is 0.127. The average molecular weight is 313 g/mol. The monoisotopic (exact) mass is 313 g/mol. The Bertz CT molecular complexity index is 501. The summed E-state index contributed by atoms with van der Waals surface area (Å²) in [7, 11) is 1.68. The largest absolute Gasteiger partial charge is 0.382 e. The summed E-state index contributed by atoms with van der Waals surface area (Å²) in [6, 6.07) is 0. The highest BCUT2D eigenvalue weighted by atomic mass is 32.1. The molecule has 21 heavy (non-hydrogen) atoms. The highest BCUT2D eigenvalue weighted by Gasteiger charge is 2.17. The number of carbonyl (C=O) groups is 2. The number of thiazole rings is 1. The number of nitrogens with zero attached hydrogens (tertiary/aromatic N) is 2. The maximum atomic E-state index is 12.0. The molecular weight excluding hydrogens is 290 g/mol. The number of rotatable bonds is 7. The van der Waals surface area contributed by atoms with E-state index in [0.29, 0.717) is 22.5 Å². The number of anilines is 2. The van der Waals surface area contributed by atoms with Gasteiger partial charge in [-0.05, 0) is 12.8 Å². The zero-order chi connectivity index (χ0) is 16.0. The van der Waals surface area contributed by atoms with Crippen molar-refractivity contribution in [3.63, 3.8) is 0 Å². The Morgan fingerprint density at radius 2 is 2.10 bits per heavy atom. The summed E-state index contributed by atoms with van der Waals surface area (Å²) in [6.45, 7) is 7.33. The Hall–Kier alpha value is -1.83. The van der Waals surface area contributed by atoms with Gasteiger partial charge in [0.25, 0.3) is 5.91 Å². The van der Waals surface area contributed by atoms with Gasteiger partial charge in [-0.2, -0.15) is 0 Å². The molecule has 0 aliphatic heterocycles. The fourth-order valence-corrected chi connectivity index (χ4v) is 2.22. The second kappa shape index (κ2) is 7.82. The van der Waals surface area contributed by atoms with Crippen molar-refractivity contribution >= 4 is 34.1 Å². The van der Waals surface area contributed by atoms with Crippen molar-refractivity contribution in [3.8, 4) is 0 Å². The molecule has 0 atom stereocenters. The molecule has 0 fully saturated rings. The quantitative estimate of drug-likeness (QED) is 0.697. The number of hydrogen-bond acceptors (Lipinski definition) is 6. The molecule has 1 aromatic heterocycles. The lowest BCUT2D eigenvalue weighted by atomic mass is 10.2. The number of nitrogens with one attached hydrogen (secondary N) is 2. The third-order valence-corrected chi connectivity index (χ3v) is 3.85. The number of amides is 2. The van der Waals surface area contributed by atoms with Crippen LogP contribution in [0.2, 0.25) is 0 Å². The normalized spacial score (nSPS) is 10.5. The zero-order valence-corrected chi connectivity index (χ0v) is 13.7. The van der Waals surface area contributed by atoms with E-state index in [4.69, 9.17) is 5.73 Å². The van der Waals surface area contributed by atoms with E-state index in [1.165, 1.54) is 16.2 Å². The molecule has 8 heteroatoms. The molecule has 0 aliphatic rings. The van der Waals surface area contributed by atoms with Crippen molar-refractivity contribution in [2.75, 3.05) is 37.7 Å². The first kappa shape index (κ1) is 17.2. The van der Waals surface area contributed by atoms with Gasteiger partial charge in [-0.1, -0.05) is 25.2 Å². The number of nitrogens with two attached hydrogens (primary N) is 1. The van der Waals surface area contributed by atoms with E-state index < -0.39 is 0 Å². The molecule has 118 valence electrons. The van der Waals surface area contributed by atoms with Gasteiger partial charge in [0.2, 0.25) is 5.91 Å². The van der Waals surface area contributed by atoms with Gasteiger partial charge < -0.3 is 21.3 Å². The smallest absolute Gasteiger partial charge is 0.265 e. The number of nitrogen functional groups attached to an aromatic ring is 1. The van der Waals surface area contributed by atoms with Crippen LogP contribution in [0.25, 0.3) is 0 Å². The van der Waals surface area contributed by atoms with Crippen LogP contribution in [0.15, 0.2) is 0 Å². The number of aromatic nitrogens is 1. The minimum atomic E-state index is -0.375. The Morgan fingerprint density at radius 1 is 1.43 bits per heavy atom. The standard InChI is InChI=1S/C13H23N5O2S/c1-5-18(4)9(19)7-15-12(20)10-11(14)17-13(21-10)16-6-8(2)3/h8H,5-7,14H2,1-4H3,(H,15,20)(H,16,17). The summed E-state index contributed by atoms with van der Waals surface area (Å²) in [5.41, 5.74) is 5.74. The molecule has 0 bridgehead atoms. The zero-order valence-electron chi connectivity index (χ0n) is 12.9. The van der Waals surface area contributed by atoms with Crippen molar-refractivity contribution < 1.29 is 9.59 Å². The van der Waals surface area contributed by atoms with E-state index in [1.807, 2.05) is 6.92 Å². The van der Waals surface area contributed by atoms with E-state index in [0.717, 1.165) is 6.54 Å². The molecular formula is C13H23N5O2S. The second-order valence-corrected chi connectivity index (χ2v) is 6.10. The van der Waals surface area contributed by atoms with E-state index in [1.54, 1.807) is 7.05 Å². The highest BCUT2D eigenvalue weighted by molar-refractivity contribution is 7.18. The molecule has 0 saturated heterocycles. The van der Waals surface area contributed by atoms with Crippen molar-refractivity contribution in [1.29, 1.82) is 0 Å². The lowest BCUT2D eigenvalue weighted by Gasteiger charge is -2.14. The summed E-state index contributed by atoms with van der Waals surface area (Å²) in [4.78, 5) is 29.6. The van der Waals surface area contributed by atoms with Crippen LogP contribution in [-0.4, -0.2) is 48.4 Å². The highest BCUT2D eigenvalue weighted by Crippen LogP contribution is 2.24. The van der Waals surface area contributed by atoms with E-state index in [-0.39, 0.29) is 24.2 Å². The molecule has 2 amide bonds. The molecule has 1 heterocycles. The summed E-state index contributed by atoms with van der Waals surface area (Å²) in [5, 5.41) is 6.30. The van der Waals surface area contributed by atoms with Crippen LogP contribution >= 0.6 is 11.3 Å². The Balaban J connectivity index is 2.60. The minimum Gasteiger partial charge on any atom is -0.382 e. The van der Waals surface area contributed by atoms with Crippen molar-refractivity contribution in [1.82, 2.24) is 15.2 Å². The van der Waals surface area contributed by atoms with Crippen LogP contribution in [0.3, 0.4) is 0 Å². The fraction of sp³-hybridized carbons (Fsp3) is 0.615. The molecule has 1 rings (SSSR count). The SMILES string of the molecule is CCN(C)C(=O)CNC(=O)c1sc(NCC(C)C)nc1N. The van der Waals surface area contributed by atoms with Gasteiger partial charge in [-0.25, -0.2) is 4.98 Å². The first-order valence-electron chi connectivity index (χ1n) is 6.87. The predicted molar refractivity (Wildman–Crippen MR) is 85.5 cm³/mol. The lowest BCUT2D eigenvalue weighted by molar-refractivity contribution is -0.128. The van der Waals surface area contributed by atoms with Gasteiger partial charge in [0, 0.05) is 20.1 Å². The molecule has 0 radical (unpaired) electrons. The molecule has 0 spiro atoms. The van der Waals surface area contributed by atoms with Gasteiger partial charge >= 0.3 is 0 Å². The molecule has 0 unspecified atom stereocenters. The molecule has 4 N–H and O–H groups in total. The van der Waals surface area contributed by atoms with Crippen LogP contribution in [0.1, 0.15) is 30.4 Å². The second-order valence-electron chi connectivity index (χ2n) is 5.10. The van der Waals surface area contributed by atoms with E-state index >= 15 is 0 Å². The summed E-state index contributed by atoms with van der Waals surface area (Å²) < 4.78 is 0. The van der Waals surface area contributed by atoms with Crippen molar-refractivity contribution in [2.24, 2.45) is 5.92 Å². The fourth-order valence-electron chi connectivity index (χ4n) is 1.41. The van der Waals surface area contributed by atoms with Crippen molar-refractivity contribution in [3.05, 3.63) is 4.88 Å². The lowest BCUT2D eigenvalue weighted by Crippen LogP contribution is -2.37. The first-order valence-corrected chi connectivity index (χ1v) is 7.69. The molecule has 0 saturated carbocycles. The summed E-state index contributed by atoms with van der Waals surface area (Å²) >= 11 is 1.19. The van der Waals surface area contributed by atoms with Gasteiger partial charge in [0.05, 0.1) is 6.54 Å². The van der Waals surface area contributed by atoms with Crippen molar-refractivity contribution in [2.45, 2.75) is 20.8 Å². The Morgan fingerprint density at radius 3 is 2.67 bits per heavy atom. The summed E-state index contributed by atoms with van der Waals surface area (Å²) in [6.07, 6.45) is 0. The van der Waals surface area contributed by atoms with Gasteiger partial charge in [-0.15, -0.1) is 0 Å². The van der Waals surface area contributed by atoms with Gasteiger partial charge in [-0.3, -0.25) is 9.59 Å². The maximum absolute atomic E-state index is 12.0. The van der Waals surface area contributed by atoms with Crippen LogP contribution in [0.4, 0.5) is 10.9 Å². The number of hydrogen-bond donors (Lipinski definition) is 3. The maximum Gasteiger partial charge on any atom is 0.265 e. The minimum absolute atomic E-state index is 0.0464. The van der Waals surface area contributed by atoms with Crippen LogP contribution in [0, 0.1) is 5.92 Å². The topological polar surface area (TPSA) is 100 Å².